The minimum absolute atomic E-state index is 0.0486. The van der Waals surface area contributed by atoms with E-state index in [1.165, 1.54) is 26.2 Å². The van der Waals surface area contributed by atoms with Gasteiger partial charge < -0.3 is 23.7 Å². The van der Waals surface area contributed by atoms with Crippen LogP contribution in [-0.2, 0) is 30.2 Å². The summed E-state index contributed by atoms with van der Waals surface area (Å²) in [7, 11) is 2.37. The first kappa shape index (κ1) is 30.5. The molecule has 2 aliphatic rings. The van der Waals surface area contributed by atoms with Gasteiger partial charge in [0.25, 0.3) is 5.69 Å². The topological polar surface area (TPSA) is 139 Å². The fourth-order valence-electron chi connectivity index (χ4n) is 4.61. The molecule has 2 aromatic carbocycles. The van der Waals surface area contributed by atoms with Crippen LogP contribution < -0.4 is 9.47 Å². The van der Waals surface area contributed by atoms with E-state index in [2.05, 4.69) is 9.73 Å². The number of esters is 2. The summed E-state index contributed by atoms with van der Waals surface area (Å²) in [4.78, 5) is 40.3. The van der Waals surface area contributed by atoms with Crippen LogP contribution in [0.15, 0.2) is 58.7 Å². The van der Waals surface area contributed by atoms with Gasteiger partial charge >= 0.3 is 18.1 Å². The smallest absolute Gasteiger partial charge is 0.430 e. The fraction of sp³-hybridized carbons (Fsp3) is 0.393. The Morgan fingerprint density at radius 2 is 1.88 bits per heavy atom. The number of nitro groups is 1. The van der Waals surface area contributed by atoms with Gasteiger partial charge in [-0.3, -0.25) is 19.9 Å². The molecule has 11 nitrogen and oxygen atoms in total. The summed E-state index contributed by atoms with van der Waals surface area (Å²) in [5.74, 6) is -5.12. The molecule has 4 rings (SSSR count). The number of rotatable bonds is 11. The molecule has 2 aromatic rings. The lowest BCUT2D eigenvalue weighted by atomic mass is 9.75. The fourth-order valence-corrected chi connectivity index (χ4v) is 4.61. The minimum Gasteiger partial charge on any atom is -0.493 e. The quantitative estimate of drug-likeness (QED) is 0.161. The summed E-state index contributed by atoms with van der Waals surface area (Å²) in [6, 6.07) is 9.81. The Kier molecular flexibility index (Phi) is 9.14. The summed E-state index contributed by atoms with van der Waals surface area (Å²) in [6.07, 6.45) is -4.80. The van der Waals surface area contributed by atoms with Crippen LogP contribution in [0.1, 0.15) is 24.0 Å². The molecule has 0 bridgehead atoms. The summed E-state index contributed by atoms with van der Waals surface area (Å²) < 4.78 is 68.4. The number of allylic oxidation sites excluding steroid dienone is 1. The number of non-ortho nitro benzene ring substituents is 1. The maximum absolute atomic E-state index is 14.0. The molecule has 0 N–H and O–H groups in total. The van der Waals surface area contributed by atoms with Crippen LogP contribution >= 0.6 is 0 Å². The van der Waals surface area contributed by atoms with Crippen molar-refractivity contribution in [2.24, 2.45) is 10.9 Å². The van der Waals surface area contributed by atoms with E-state index < -0.39 is 46.3 Å². The molecule has 1 saturated heterocycles. The van der Waals surface area contributed by atoms with E-state index in [-0.39, 0.29) is 36.0 Å². The Morgan fingerprint density at radius 1 is 1.14 bits per heavy atom. The maximum atomic E-state index is 14.0. The van der Waals surface area contributed by atoms with Gasteiger partial charge in [-0.2, -0.15) is 13.2 Å². The normalized spacial score (nSPS) is 20.0. The molecule has 2 heterocycles. The van der Waals surface area contributed by atoms with Gasteiger partial charge in [-0.1, -0.05) is 18.2 Å². The highest BCUT2D eigenvalue weighted by Gasteiger charge is 2.52. The van der Waals surface area contributed by atoms with Crippen molar-refractivity contribution < 1.29 is 51.4 Å². The van der Waals surface area contributed by atoms with Crippen LogP contribution in [0.4, 0.5) is 18.9 Å². The lowest BCUT2D eigenvalue weighted by Crippen LogP contribution is -2.43. The third-order valence-corrected chi connectivity index (χ3v) is 6.70. The number of nitrogens with zero attached hydrogens (tertiary/aromatic N) is 2. The second kappa shape index (κ2) is 12.6. The Balaban J connectivity index is 1.61. The number of aliphatic imine (C=N–C) groups is 1. The van der Waals surface area contributed by atoms with Gasteiger partial charge in [0, 0.05) is 30.2 Å². The highest BCUT2D eigenvalue weighted by Crippen LogP contribution is 2.44. The molecule has 42 heavy (non-hydrogen) atoms. The zero-order valence-corrected chi connectivity index (χ0v) is 22.8. The zero-order chi connectivity index (χ0) is 30.6. The van der Waals surface area contributed by atoms with Gasteiger partial charge in [0.05, 0.1) is 37.9 Å². The summed E-state index contributed by atoms with van der Waals surface area (Å²) in [5.41, 5.74) is -1.98. The van der Waals surface area contributed by atoms with Crippen LogP contribution in [0.5, 0.6) is 11.5 Å². The first-order valence-electron chi connectivity index (χ1n) is 12.7. The van der Waals surface area contributed by atoms with Crippen molar-refractivity contribution in [2.45, 2.75) is 31.5 Å². The van der Waals surface area contributed by atoms with Crippen LogP contribution in [0.2, 0.25) is 0 Å². The minimum atomic E-state index is -5.06. The number of epoxide rings is 1. The van der Waals surface area contributed by atoms with Crippen LogP contribution in [-0.4, -0.2) is 68.9 Å². The van der Waals surface area contributed by atoms with Gasteiger partial charge in [-0.05, 0) is 30.2 Å². The summed E-state index contributed by atoms with van der Waals surface area (Å²) >= 11 is 0. The monoisotopic (exact) mass is 592 g/mol. The summed E-state index contributed by atoms with van der Waals surface area (Å²) in [5, 5.41) is 11.4. The predicted molar refractivity (Wildman–Crippen MR) is 140 cm³/mol. The average molecular weight is 593 g/mol. The number of halogens is 3. The third kappa shape index (κ3) is 6.87. The number of carbonyl (C=O) groups excluding carboxylic acids is 2. The number of alkyl halides is 3. The number of carbonyl (C=O) groups is 2. The summed E-state index contributed by atoms with van der Waals surface area (Å²) in [6.45, 7) is 2.00. The average Bonchev–Trinajstić information content (AvgIpc) is 3.79. The molecule has 0 amide bonds. The number of hydrogen-bond donors (Lipinski definition) is 0. The standard InChI is InChI=1S/C28H27F3N2O9/c1-15-22(27(35)40-10-9-16-7-8-20(21(11-16)38-2)42-14-19-13-41-19)23(17-5-4-6-18(12-17)33(36)37)24(26(34)39-3)25(32-15)28(29,30)31/h4-8,11-12,19,23-24H,9-10,13-14H2,1-3H3. The molecule has 1 fully saturated rings. The number of hydrogen-bond acceptors (Lipinski definition) is 10. The van der Waals surface area contributed by atoms with Crippen molar-refractivity contribution in [1.82, 2.24) is 0 Å². The first-order valence-corrected chi connectivity index (χ1v) is 12.7. The number of methoxy groups -OCH3 is 2. The van der Waals surface area contributed by atoms with Crippen molar-refractivity contribution in [3.8, 4) is 11.5 Å². The van der Waals surface area contributed by atoms with E-state index in [1.54, 1.807) is 18.2 Å². The molecule has 0 saturated carbocycles. The zero-order valence-electron chi connectivity index (χ0n) is 22.8. The van der Waals surface area contributed by atoms with Crippen molar-refractivity contribution in [3.05, 3.63) is 75.0 Å². The molecule has 2 aliphatic heterocycles. The van der Waals surface area contributed by atoms with Crippen molar-refractivity contribution in [1.29, 1.82) is 0 Å². The van der Waals surface area contributed by atoms with Gasteiger partial charge in [0.15, 0.2) is 11.5 Å². The molecular weight excluding hydrogens is 565 g/mol. The SMILES string of the molecule is COC(=O)C1C(C(F)(F)F)=NC(C)=C(C(=O)OCCc2ccc(OCC3CO3)c(OC)c2)C1c1cccc([N+](=O)[O-])c1. The van der Waals surface area contributed by atoms with Gasteiger partial charge in [-0.25, -0.2) is 4.79 Å². The Labute approximate surface area is 238 Å². The van der Waals surface area contributed by atoms with Crippen LogP contribution in [0.25, 0.3) is 0 Å². The molecule has 0 radical (unpaired) electrons. The van der Waals surface area contributed by atoms with Crippen molar-refractivity contribution >= 4 is 23.3 Å². The van der Waals surface area contributed by atoms with E-state index in [4.69, 9.17) is 18.9 Å². The van der Waals surface area contributed by atoms with Crippen molar-refractivity contribution in [2.75, 3.05) is 34.0 Å². The van der Waals surface area contributed by atoms with Gasteiger partial charge in [0.1, 0.15) is 24.3 Å². The van der Waals surface area contributed by atoms with Crippen LogP contribution in [0.3, 0.4) is 0 Å². The Hall–Kier alpha value is -4.46. The second-order valence-electron chi connectivity index (χ2n) is 9.46. The lowest BCUT2D eigenvalue weighted by Gasteiger charge is -2.32. The molecular formula is C28H27F3N2O9. The maximum Gasteiger partial charge on any atom is 0.430 e. The van der Waals surface area contributed by atoms with Crippen molar-refractivity contribution in [3.63, 3.8) is 0 Å². The van der Waals surface area contributed by atoms with E-state index >= 15 is 0 Å². The molecule has 0 spiro atoms. The lowest BCUT2D eigenvalue weighted by molar-refractivity contribution is -0.384. The van der Waals surface area contributed by atoms with E-state index in [0.29, 0.717) is 30.3 Å². The number of ether oxygens (including phenoxy) is 5. The number of nitro benzene ring substituents is 1. The molecule has 3 unspecified atom stereocenters. The predicted octanol–water partition coefficient (Wildman–Crippen LogP) is 4.33. The molecule has 0 aromatic heterocycles. The van der Waals surface area contributed by atoms with E-state index in [0.717, 1.165) is 19.2 Å². The first-order chi connectivity index (χ1) is 19.9. The molecule has 3 atom stereocenters. The molecule has 0 aliphatic carbocycles. The highest BCUT2D eigenvalue weighted by atomic mass is 19.4. The van der Waals surface area contributed by atoms with Gasteiger partial charge in [-0.15, -0.1) is 0 Å². The third-order valence-electron chi connectivity index (χ3n) is 6.70. The molecule has 224 valence electrons. The Bertz CT molecular complexity index is 1430. The highest BCUT2D eigenvalue weighted by molar-refractivity contribution is 6.10. The van der Waals surface area contributed by atoms with Gasteiger partial charge in [0.2, 0.25) is 0 Å². The van der Waals surface area contributed by atoms with E-state index in [9.17, 15) is 32.9 Å². The second-order valence-corrected chi connectivity index (χ2v) is 9.46. The van der Waals surface area contributed by atoms with Crippen LogP contribution in [0, 0.1) is 16.0 Å². The molecule has 14 heteroatoms. The number of benzene rings is 2. The Morgan fingerprint density at radius 3 is 2.50 bits per heavy atom. The largest absolute Gasteiger partial charge is 0.493 e. The van der Waals surface area contributed by atoms with E-state index in [1.807, 2.05) is 0 Å².